The van der Waals surface area contributed by atoms with Gasteiger partial charge in [-0.25, -0.2) is 13.2 Å². The number of para-hydroxylation sites is 1. The third-order valence-corrected chi connectivity index (χ3v) is 5.65. The second kappa shape index (κ2) is 4.51. The number of nitrogens with zero attached hydrogens (tertiary/aromatic N) is 2. The molecule has 0 fully saturated rings. The number of hydrogen-bond donors (Lipinski definition) is 1. The smallest absolute Gasteiger partial charge is 0.359 e. The van der Waals surface area contributed by atoms with E-state index in [1.54, 1.807) is 35.9 Å². The van der Waals surface area contributed by atoms with E-state index < -0.39 is 27.4 Å². The Morgan fingerprint density at radius 1 is 1.23 bits per heavy atom. The van der Waals surface area contributed by atoms with Crippen molar-refractivity contribution in [3.05, 3.63) is 35.7 Å². The Hall–Kier alpha value is -2.48. The second-order valence-corrected chi connectivity index (χ2v) is 6.82. The largest absolute Gasteiger partial charge is 0.504 e. The van der Waals surface area contributed by atoms with Gasteiger partial charge in [-0.3, -0.25) is 4.31 Å². The summed E-state index contributed by atoms with van der Waals surface area (Å²) in [4.78, 5) is 11.8. The fourth-order valence-electron chi connectivity index (χ4n) is 2.73. The van der Waals surface area contributed by atoms with Crippen molar-refractivity contribution < 1.29 is 23.1 Å². The molecule has 22 heavy (non-hydrogen) atoms. The van der Waals surface area contributed by atoms with Gasteiger partial charge in [-0.2, -0.15) is 0 Å². The number of carbonyl (C=O) groups excluding carboxylic acids is 1. The molecule has 1 aromatic carbocycles. The van der Waals surface area contributed by atoms with Crippen molar-refractivity contribution in [3.8, 4) is 0 Å². The van der Waals surface area contributed by atoms with Crippen LogP contribution in [0.4, 0.5) is 0 Å². The number of likely N-dealkylation sites (N-methyl/N-ethyl adjacent to an activating group) is 1. The van der Waals surface area contributed by atoms with Crippen molar-refractivity contribution in [1.82, 2.24) is 8.87 Å². The number of fused-ring (bicyclic) bond motifs is 3. The highest BCUT2D eigenvalue weighted by atomic mass is 32.2. The molecule has 2 aromatic rings. The van der Waals surface area contributed by atoms with Gasteiger partial charge in [0.05, 0.1) is 7.11 Å². The van der Waals surface area contributed by atoms with Gasteiger partial charge in [0.1, 0.15) is 10.6 Å². The molecule has 0 unspecified atom stereocenters. The summed E-state index contributed by atoms with van der Waals surface area (Å²) in [6.45, 7) is 0. The molecule has 116 valence electrons. The Kier molecular flexibility index (Phi) is 2.96. The van der Waals surface area contributed by atoms with Crippen molar-refractivity contribution in [2.45, 2.75) is 4.90 Å². The lowest BCUT2D eigenvalue weighted by Crippen LogP contribution is -2.35. The number of rotatable bonds is 1. The summed E-state index contributed by atoms with van der Waals surface area (Å²) in [5.41, 5.74) is 0.322. The number of sulfonamides is 1. The van der Waals surface area contributed by atoms with Gasteiger partial charge in [0.15, 0.2) is 11.5 Å². The minimum absolute atomic E-state index is 0.0155. The number of esters is 1. The van der Waals surface area contributed by atoms with E-state index in [0.717, 1.165) is 11.4 Å². The molecule has 1 aliphatic rings. The molecule has 0 radical (unpaired) electrons. The molecule has 7 nitrogen and oxygen atoms in total. The van der Waals surface area contributed by atoms with E-state index in [2.05, 4.69) is 4.74 Å². The van der Waals surface area contributed by atoms with Crippen LogP contribution in [-0.2, 0) is 26.6 Å². The third kappa shape index (κ3) is 1.61. The van der Waals surface area contributed by atoms with Gasteiger partial charge >= 0.3 is 5.97 Å². The van der Waals surface area contributed by atoms with Crippen LogP contribution in [0, 0.1) is 0 Å². The number of methoxy groups -OCH3 is 1. The fourth-order valence-corrected chi connectivity index (χ4v) is 4.33. The Bertz CT molecular complexity index is 940. The number of ether oxygens (including phenoxy) is 1. The average molecular weight is 322 g/mol. The Labute approximate surface area is 127 Å². The van der Waals surface area contributed by atoms with Gasteiger partial charge in [-0.1, -0.05) is 18.2 Å². The van der Waals surface area contributed by atoms with Crippen LogP contribution >= 0.6 is 0 Å². The van der Waals surface area contributed by atoms with Crippen molar-refractivity contribution in [3.63, 3.8) is 0 Å². The van der Waals surface area contributed by atoms with Crippen LogP contribution in [0.3, 0.4) is 0 Å². The number of benzene rings is 1. The molecule has 0 saturated carbocycles. The third-order valence-electron chi connectivity index (χ3n) is 3.82. The summed E-state index contributed by atoms with van der Waals surface area (Å²) in [6, 6.07) is 6.89. The zero-order valence-electron chi connectivity index (χ0n) is 12.2. The fraction of sp³-hybridized carbons (Fsp3) is 0.214. The van der Waals surface area contributed by atoms with E-state index in [4.69, 9.17) is 0 Å². The zero-order valence-corrected chi connectivity index (χ0v) is 13.0. The van der Waals surface area contributed by atoms with Gasteiger partial charge in [0, 0.05) is 25.0 Å². The topological polar surface area (TPSA) is 88.8 Å². The van der Waals surface area contributed by atoms with Crippen LogP contribution in [0.25, 0.3) is 16.7 Å². The molecule has 0 bridgehead atoms. The average Bonchev–Trinajstić information content (AvgIpc) is 2.80. The molecule has 8 heteroatoms. The van der Waals surface area contributed by atoms with Gasteiger partial charge in [0.25, 0.3) is 10.0 Å². The highest BCUT2D eigenvalue weighted by molar-refractivity contribution is 7.89. The zero-order chi connectivity index (χ0) is 16.2. The summed E-state index contributed by atoms with van der Waals surface area (Å²) >= 11 is 0. The molecule has 0 spiro atoms. The van der Waals surface area contributed by atoms with Crippen LogP contribution in [0.15, 0.2) is 34.9 Å². The van der Waals surface area contributed by atoms with Crippen LogP contribution in [0.5, 0.6) is 0 Å². The lowest BCUT2D eigenvalue weighted by atomic mass is 10.2. The lowest BCUT2D eigenvalue weighted by molar-refractivity contribution is -0.137. The highest BCUT2D eigenvalue weighted by Gasteiger charge is 2.42. The number of aliphatic hydroxyl groups is 1. The maximum Gasteiger partial charge on any atom is 0.359 e. The predicted molar refractivity (Wildman–Crippen MR) is 79.4 cm³/mol. The first kappa shape index (κ1) is 14.5. The number of aromatic nitrogens is 1. The molecule has 1 aliphatic heterocycles. The number of carbonyl (C=O) groups is 1. The van der Waals surface area contributed by atoms with E-state index in [1.807, 2.05) is 0 Å². The first-order valence-electron chi connectivity index (χ1n) is 6.40. The standard InChI is InChI=1S/C14H14N2O5S/c1-15-9-7-5-4-6-8(9)13-10(15)12(17)11(14(18)21-3)16(2)22(13,19)20/h4-7,17H,1-3H3. The second-order valence-electron chi connectivity index (χ2n) is 4.92. The van der Waals surface area contributed by atoms with E-state index in [9.17, 15) is 18.3 Å². The Balaban J connectivity index is 2.53. The van der Waals surface area contributed by atoms with Crippen molar-refractivity contribution in [1.29, 1.82) is 0 Å². The summed E-state index contributed by atoms with van der Waals surface area (Å²) < 4.78 is 32.4. The van der Waals surface area contributed by atoms with Gasteiger partial charge in [0.2, 0.25) is 0 Å². The minimum atomic E-state index is -3.97. The summed E-state index contributed by atoms with van der Waals surface area (Å²) in [6.07, 6.45) is 0. The van der Waals surface area contributed by atoms with E-state index >= 15 is 0 Å². The quantitative estimate of drug-likeness (QED) is 0.797. The van der Waals surface area contributed by atoms with Crippen LogP contribution in [0.2, 0.25) is 0 Å². The number of aliphatic hydroxyl groups excluding tert-OH is 1. The Morgan fingerprint density at radius 3 is 2.50 bits per heavy atom. The lowest BCUT2D eigenvalue weighted by Gasteiger charge is -2.26. The van der Waals surface area contributed by atoms with Crippen molar-refractivity contribution in [2.24, 2.45) is 7.05 Å². The minimum Gasteiger partial charge on any atom is -0.504 e. The van der Waals surface area contributed by atoms with Gasteiger partial charge < -0.3 is 14.4 Å². The van der Waals surface area contributed by atoms with Crippen LogP contribution < -0.4 is 0 Å². The summed E-state index contributed by atoms with van der Waals surface area (Å²) in [5.74, 6) is -1.34. The molecule has 3 rings (SSSR count). The van der Waals surface area contributed by atoms with E-state index in [-0.39, 0.29) is 10.6 Å². The maximum absolute atomic E-state index is 12.8. The maximum atomic E-state index is 12.8. The SMILES string of the molecule is COC(=O)C1=C(O)c2c(c3ccccc3n2C)S(=O)(=O)N1C. The van der Waals surface area contributed by atoms with Crippen LogP contribution in [0.1, 0.15) is 5.69 Å². The molecule has 0 saturated heterocycles. The predicted octanol–water partition coefficient (Wildman–Crippen LogP) is 1.21. The molecule has 0 aliphatic carbocycles. The van der Waals surface area contributed by atoms with Gasteiger partial charge in [-0.05, 0) is 6.07 Å². The molecular weight excluding hydrogens is 308 g/mol. The van der Waals surface area contributed by atoms with Crippen molar-refractivity contribution >= 4 is 32.7 Å². The monoisotopic (exact) mass is 322 g/mol. The van der Waals surface area contributed by atoms with E-state index in [0.29, 0.717) is 10.9 Å². The van der Waals surface area contributed by atoms with Crippen LogP contribution in [-0.4, -0.2) is 42.5 Å². The number of aryl methyl sites for hydroxylation is 1. The highest BCUT2D eigenvalue weighted by Crippen LogP contribution is 2.40. The molecule has 2 heterocycles. The normalized spacial score (nSPS) is 16.8. The summed E-state index contributed by atoms with van der Waals surface area (Å²) in [5, 5.41) is 10.9. The molecule has 0 atom stereocenters. The molecule has 0 amide bonds. The summed E-state index contributed by atoms with van der Waals surface area (Å²) in [7, 11) is -0.00195. The van der Waals surface area contributed by atoms with Crippen molar-refractivity contribution in [2.75, 3.05) is 14.2 Å². The van der Waals surface area contributed by atoms with Gasteiger partial charge in [-0.15, -0.1) is 0 Å². The first-order valence-corrected chi connectivity index (χ1v) is 7.84. The number of hydrogen-bond acceptors (Lipinski definition) is 5. The molecule has 1 N–H and O–H groups in total. The first-order chi connectivity index (χ1) is 10.3. The molecular formula is C14H14N2O5S. The Morgan fingerprint density at radius 2 is 1.86 bits per heavy atom. The molecule has 1 aromatic heterocycles. The van der Waals surface area contributed by atoms with E-state index in [1.165, 1.54) is 7.05 Å².